The Morgan fingerprint density at radius 2 is 2.24 bits per heavy atom. The van der Waals surface area contributed by atoms with Gasteiger partial charge in [-0.15, -0.1) is 0 Å². The minimum atomic E-state index is 0.445. The van der Waals surface area contributed by atoms with Crippen LogP contribution >= 0.6 is 11.8 Å². The molecular weight excluding hydrogens is 234 g/mol. The van der Waals surface area contributed by atoms with E-state index in [0.717, 1.165) is 23.9 Å². The molecule has 4 nitrogen and oxygen atoms in total. The summed E-state index contributed by atoms with van der Waals surface area (Å²) in [5.41, 5.74) is 0.976. The lowest BCUT2D eigenvalue weighted by Gasteiger charge is -2.14. The molecule has 0 aliphatic heterocycles. The van der Waals surface area contributed by atoms with Gasteiger partial charge in [-0.1, -0.05) is 0 Å². The van der Waals surface area contributed by atoms with Gasteiger partial charge in [-0.05, 0) is 26.0 Å². The third kappa shape index (κ3) is 3.33. The monoisotopic (exact) mass is 253 g/mol. The number of anilines is 1. The second-order valence-corrected chi connectivity index (χ2v) is 5.76. The topological polar surface area (TPSA) is 47.0 Å². The molecule has 1 saturated carbocycles. The molecule has 1 aromatic heterocycles. The van der Waals surface area contributed by atoms with Gasteiger partial charge < -0.3 is 10.1 Å². The highest BCUT2D eigenvalue weighted by molar-refractivity contribution is 8.00. The Kier molecular flexibility index (Phi) is 3.89. The molecule has 1 fully saturated rings. The molecule has 0 spiro atoms. The molecule has 0 saturated heterocycles. The lowest BCUT2D eigenvalue weighted by atomic mass is 10.3. The van der Waals surface area contributed by atoms with Gasteiger partial charge in [-0.2, -0.15) is 11.8 Å². The van der Waals surface area contributed by atoms with Gasteiger partial charge >= 0.3 is 0 Å². The van der Waals surface area contributed by atoms with Gasteiger partial charge in [0, 0.05) is 30.2 Å². The first-order valence-corrected chi connectivity index (χ1v) is 7.02. The van der Waals surface area contributed by atoms with Gasteiger partial charge in [0.15, 0.2) is 5.82 Å². The molecule has 17 heavy (non-hydrogen) atoms. The summed E-state index contributed by atoms with van der Waals surface area (Å²) in [5, 5.41) is 3.41. The van der Waals surface area contributed by atoms with E-state index in [1.807, 2.05) is 24.8 Å². The zero-order valence-electron chi connectivity index (χ0n) is 10.6. The summed E-state index contributed by atoms with van der Waals surface area (Å²) in [6, 6.07) is 1.98. The van der Waals surface area contributed by atoms with Crippen molar-refractivity contribution in [1.82, 2.24) is 9.97 Å². The molecule has 0 atom stereocenters. The maximum absolute atomic E-state index is 5.06. The SMILES string of the molecule is COCc1nc(C)cc(NCC2(SC)CC2)n1. The molecule has 0 amide bonds. The van der Waals surface area contributed by atoms with Crippen molar-refractivity contribution in [1.29, 1.82) is 0 Å². The number of thioether (sulfide) groups is 1. The maximum atomic E-state index is 5.06. The zero-order valence-corrected chi connectivity index (χ0v) is 11.4. The van der Waals surface area contributed by atoms with Crippen LogP contribution in [0.3, 0.4) is 0 Å². The van der Waals surface area contributed by atoms with E-state index in [2.05, 4.69) is 21.5 Å². The summed E-state index contributed by atoms with van der Waals surface area (Å²) < 4.78 is 5.50. The van der Waals surface area contributed by atoms with E-state index in [9.17, 15) is 0 Å². The number of nitrogens with zero attached hydrogens (tertiary/aromatic N) is 2. The molecule has 2 rings (SSSR count). The van der Waals surface area contributed by atoms with E-state index in [1.54, 1.807) is 7.11 Å². The number of aromatic nitrogens is 2. The van der Waals surface area contributed by atoms with Gasteiger partial charge in [0.25, 0.3) is 0 Å². The average molecular weight is 253 g/mol. The first kappa shape index (κ1) is 12.6. The highest BCUT2D eigenvalue weighted by Gasteiger charge is 2.41. The van der Waals surface area contributed by atoms with E-state index in [4.69, 9.17) is 4.74 Å². The highest BCUT2D eigenvalue weighted by atomic mass is 32.2. The normalized spacial score (nSPS) is 16.9. The third-order valence-electron chi connectivity index (χ3n) is 3.01. The van der Waals surface area contributed by atoms with Crippen molar-refractivity contribution in [2.24, 2.45) is 0 Å². The molecule has 1 aromatic rings. The number of methoxy groups -OCH3 is 1. The van der Waals surface area contributed by atoms with Crippen molar-refractivity contribution in [3.05, 3.63) is 17.6 Å². The van der Waals surface area contributed by atoms with Crippen LogP contribution in [-0.2, 0) is 11.3 Å². The van der Waals surface area contributed by atoms with E-state index in [1.165, 1.54) is 12.8 Å². The van der Waals surface area contributed by atoms with Gasteiger partial charge in [0.2, 0.25) is 0 Å². The van der Waals surface area contributed by atoms with E-state index in [-0.39, 0.29) is 0 Å². The van der Waals surface area contributed by atoms with Crippen molar-refractivity contribution in [2.75, 3.05) is 25.2 Å². The Hall–Kier alpha value is -0.810. The molecule has 94 valence electrons. The molecule has 1 N–H and O–H groups in total. The number of rotatable bonds is 6. The Bertz CT molecular complexity index is 393. The number of nitrogens with one attached hydrogen (secondary N) is 1. The quantitative estimate of drug-likeness (QED) is 0.842. The second kappa shape index (κ2) is 5.23. The van der Waals surface area contributed by atoms with Crippen LogP contribution in [0.1, 0.15) is 24.4 Å². The lowest BCUT2D eigenvalue weighted by Crippen LogP contribution is -2.18. The van der Waals surface area contributed by atoms with Crippen LogP contribution in [0.2, 0.25) is 0 Å². The fourth-order valence-electron chi connectivity index (χ4n) is 1.76. The molecule has 0 unspecified atom stereocenters. The second-order valence-electron chi connectivity index (χ2n) is 4.48. The van der Waals surface area contributed by atoms with Crippen LogP contribution in [0.5, 0.6) is 0 Å². The molecule has 0 radical (unpaired) electrons. The Morgan fingerprint density at radius 3 is 2.82 bits per heavy atom. The van der Waals surface area contributed by atoms with Gasteiger partial charge in [0.05, 0.1) is 0 Å². The molecule has 0 aromatic carbocycles. The van der Waals surface area contributed by atoms with Crippen molar-refractivity contribution in [3.8, 4) is 0 Å². The van der Waals surface area contributed by atoms with Crippen LogP contribution < -0.4 is 5.32 Å². The van der Waals surface area contributed by atoms with Crippen molar-refractivity contribution < 1.29 is 4.74 Å². The summed E-state index contributed by atoms with van der Waals surface area (Å²) in [5.74, 6) is 1.65. The first-order chi connectivity index (χ1) is 8.17. The highest BCUT2D eigenvalue weighted by Crippen LogP contribution is 2.46. The van der Waals surface area contributed by atoms with Crippen LogP contribution in [0.25, 0.3) is 0 Å². The largest absolute Gasteiger partial charge is 0.377 e. The number of ether oxygens (including phenoxy) is 1. The van der Waals surface area contributed by atoms with Crippen LogP contribution in [0, 0.1) is 6.92 Å². The smallest absolute Gasteiger partial charge is 0.156 e. The molecule has 0 bridgehead atoms. The van der Waals surface area contributed by atoms with Crippen LogP contribution in [0.4, 0.5) is 5.82 Å². The Labute approximate surface area is 107 Å². The third-order valence-corrected chi connectivity index (χ3v) is 4.42. The summed E-state index contributed by atoms with van der Waals surface area (Å²) in [6.45, 7) is 3.43. The van der Waals surface area contributed by atoms with Gasteiger partial charge in [-0.25, -0.2) is 9.97 Å². The average Bonchev–Trinajstić information content (AvgIpc) is 3.07. The van der Waals surface area contributed by atoms with Crippen molar-refractivity contribution in [3.63, 3.8) is 0 Å². The molecule has 5 heteroatoms. The summed E-state index contributed by atoms with van der Waals surface area (Å²) in [4.78, 5) is 8.75. The predicted octanol–water partition coefficient (Wildman–Crippen LogP) is 2.24. The number of aryl methyl sites for hydroxylation is 1. The minimum Gasteiger partial charge on any atom is -0.377 e. The van der Waals surface area contributed by atoms with Gasteiger partial charge in [-0.3, -0.25) is 0 Å². The van der Waals surface area contributed by atoms with Crippen molar-refractivity contribution in [2.45, 2.75) is 31.1 Å². The summed E-state index contributed by atoms with van der Waals surface area (Å²) in [7, 11) is 1.66. The predicted molar refractivity (Wildman–Crippen MR) is 71.5 cm³/mol. The number of hydrogen-bond acceptors (Lipinski definition) is 5. The summed E-state index contributed by atoms with van der Waals surface area (Å²) in [6.07, 6.45) is 4.78. The zero-order chi connectivity index (χ0) is 12.3. The lowest BCUT2D eigenvalue weighted by molar-refractivity contribution is 0.177. The van der Waals surface area contributed by atoms with Gasteiger partial charge in [0.1, 0.15) is 12.4 Å². The van der Waals surface area contributed by atoms with Crippen LogP contribution in [0.15, 0.2) is 6.07 Å². The minimum absolute atomic E-state index is 0.445. The van der Waals surface area contributed by atoms with E-state index in [0.29, 0.717) is 11.4 Å². The fourth-order valence-corrected chi connectivity index (χ4v) is 2.49. The maximum Gasteiger partial charge on any atom is 0.156 e. The Morgan fingerprint density at radius 1 is 1.47 bits per heavy atom. The number of hydrogen-bond donors (Lipinski definition) is 1. The molecule has 1 aliphatic carbocycles. The van der Waals surface area contributed by atoms with E-state index >= 15 is 0 Å². The van der Waals surface area contributed by atoms with E-state index < -0.39 is 0 Å². The summed E-state index contributed by atoms with van der Waals surface area (Å²) >= 11 is 1.95. The molecule has 1 heterocycles. The van der Waals surface area contributed by atoms with Crippen LogP contribution in [-0.4, -0.2) is 34.6 Å². The fraction of sp³-hybridized carbons (Fsp3) is 0.667. The standard InChI is InChI=1S/C12H19N3OS/c1-9-6-10(15-11(14-9)7-16-2)13-8-12(17-3)4-5-12/h6H,4-5,7-8H2,1-3H3,(H,13,14,15). The van der Waals surface area contributed by atoms with Crippen molar-refractivity contribution >= 4 is 17.6 Å². The molecule has 1 aliphatic rings. The first-order valence-electron chi connectivity index (χ1n) is 5.80. The Balaban J connectivity index is 2.00. The molecular formula is C12H19N3OS.